The molecule has 3 fully saturated rings. The average molecular weight is 279 g/mol. The monoisotopic (exact) mass is 279 g/mol. The number of nitrogens with two attached hydrogens (primary N) is 1. The van der Waals surface area contributed by atoms with E-state index >= 15 is 0 Å². The molecule has 20 heavy (non-hydrogen) atoms. The molecule has 2 heterocycles. The summed E-state index contributed by atoms with van der Waals surface area (Å²) in [7, 11) is 0. The lowest BCUT2D eigenvalue weighted by molar-refractivity contribution is -0.143. The summed E-state index contributed by atoms with van der Waals surface area (Å²) in [5.41, 5.74) is 6.24. The Kier molecular flexibility index (Phi) is 4.04. The molecule has 0 radical (unpaired) electrons. The summed E-state index contributed by atoms with van der Waals surface area (Å²) < 4.78 is 0. The maximum Gasteiger partial charge on any atom is 0.227 e. The molecular weight excluding hydrogens is 250 g/mol. The standard InChI is InChI=1S/C16H29N3O/c1-11-5-6-15(17)14(8-11)16(20)19-10-13-4-3-7-18(13)9-12(19)2/h11-15H,3-10,17H2,1-2H3. The van der Waals surface area contributed by atoms with Crippen molar-refractivity contribution in [2.45, 2.75) is 64.1 Å². The van der Waals surface area contributed by atoms with E-state index in [4.69, 9.17) is 5.73 Å². The Hall–Kier alpha value is -0.610. The predicted octanol–water partition coefficient (Wildman–Crippen LogP) is 1.45. The van der Waals surface area contributed by atoms with Crippen molar-refractivity contribution < 1.29 is 4.79 Å². The van der Waals surface area contributed by atoms with Gasteiger partial charge in [-0.3, -0.25) is 9.69 Å². The highest BCUT2D eigenvalue weighted by molar-refractivity contribution is 5.80. The first-order chi connectivity index (χ1) is 9.56. The van der Waals surface area contributed by atoms with Crippen LogP contribution in [0, 0.1) is 11.8 Å². The molecule has 4 heteroatoms. The first-order valence-electron chi connectivity index (χ1n) is 8.36. The second-order valence-electron chi connectivity index (χ2n) is 7.32. The fraction of sp³-hybridized carbons (Fsp3) is 0.938. The lowest BCUT2D eigenvalue weighted by atomic mass is 9.78. The largest absolute Gasteiger partial charge is 0.337 e. The minimum absolute atomic E-state index is 0.0640. The lowest BCUT2D eigenvalue weighted by Gasteiger charge is -2.45. The summed E-state index contributed by atoms with van der Waals surface area (Å²) in [6.07, 6.45) is 5.72. The number of hydrogen-bond acceptors (Lipinski definition) is 3. The topological polar surface area (TPSA) is 49.6 Å². The third kappa shape index (κ3) is 2.60. The third-order valence-corrected chi connectivity index (χ3v) is 5.70. The fourth-order valence-electron chi connectivity index (χ4n) is 4.40. The molecule has 4 nitrogen and oxygen atoms in total. The highest BCUT2D eigenvalue weighted by Crippen LogP contribution is 2.32. The molecule has 1 aliphatic carbocycles. The van der Waals surface area contributed by atoms with Crippen molar-refractivity contribution >= 4 is 5.91 Å². The number of nitrogens with zero attached hydrogens (tertiary/aromatic N) is 2. The van der Waals surface area contributed by atoms with E-state index in [2.05, 4.69) is 23.6 Å². The normalized spacial score (nSPS) is 42.5. The first kappa shape index (κ1) is 14.3. The van der Waals surface area contributed by atoms with Gasteiger partial charge in [0.05, 0.1) is 5.92 Å². The van der Waals surface area contributed by atoms with E-state index in [0.717, 1.165) is 25.9 Å². The number of rotatable bonds is 1. The number of hydrogen-bond donors (Lipinski definition) is 1. The zero-order chi connectivity index (χ0) is 14.3. The van der Waals surface area contributed by atoms with E-state index < -0.39 is 0 Å². The van der Waals surface area contributed by atoms with Crippen molar-refractivity contribution in [3.8, 4) is 0 Å². The van der Waals surface area contributed by atoms with Gasteiger partial charge in [-0.2, -0.15) is 0 Å². The van der Waals surface area contributed by atoms with Crippen molar-refractivity contribution in [1.29, 1.82) is 0 Å². The summed E-state index contributed by atoms with van der Waals surface area (Å²) in [6, 6.07) is 1.03. The third-order valence-electron chi connectivity index (χ3n) is 5.70. The van der Waals surface area contributed by atoms with Gasteiger partial charge in [0.2, 0.25) is 5.91 Å². The van der Waals surface area contributed by atoms with E-state index in [-0.39, 0.29) is 12.0 Å². The molecule has 1 saturated carbocycles. The Balaban J connectivity index is 1.69. The van der Waals surface area contributed by atoms with Gasteiger partial charge < -0.3 is 10.6 Å². The molecule has 2 saturated heterocycles. The zero-order valence-corrected chi connectivity index (χ0v) is 12.9. The minimum Gasteiger partial charge on any atom is -0.337 e. The van der Waals surface area contributed by atoms with Crippen LogP contribution in [-0.2, 0) is 4.79 Å². The molecule has 0 bridgehead atoms. The van der Waals surface area contributed by atoms with Gasteiger partial charge in [-0.25, -0.2) is 0 Å². The van der Waals surface area contributed by atoms with E-state index in [1.807, 2.05) is 0 Å². The molecule has 2 aliphatic heterocycles. The van der Waals surface area contributed by atoms with Crippen molar-refractivity contribution in [3.63, 3.8) is 0 Å². The number of carbonyl (C=O) groups is 1. The Morgan fingerprint density at radius 3 is 2.75 bits per heavy atom. The zero-order valence-electron chi connectivity index (χ0n) is 12.9. The SMILES string of the molecule is CC1CCC(N)C(C(=O)N2CC3CCCN3CC2C)C1. The molecule has 5 unspecified atom stereocenters. The van der Waals surface area contributed by atoms with Gasteiger partial charge >= 0.3 is 0 Å². The summed E-state index contributed by atoms with van der Waals surface area (Å²) in [5, 5.41) is 0. The summed E-state index contributed by atoms with van der Waals surface area (Å²) in [6.45, 7) is 7.65. The van der Waals surface area contributed by atoms with Gasteiger partial charge in [-0.05, 0) is 51.5 Å². The second kappa shape index (κ2) is 5.64. The van der Waals surface area contributed by atoms with Crippen LogP contribution in [0.4, 0.5) is 0 Å². The Morgan fingerprint density at radius 1 is 1.15 bits per heavy atom. The molecule has 1 amide bonds. The van der Waals surface area contributed by atoms with Crippen LogP contribution in [0.15, 0.2) is 0 Å². The number of piperazine rings is 1. The van der Waals surface area contributed by atoms with Gasteiger partial charge in [-0.1, -0.05) is 6.92 Å². The summed E-state index contributed by atoms with van der Waals surface area (Å²) in [5.74, 6) is 1.05. The maximum absolute atomic E-state index is 12.9. The number of carbonyl (C=O) groups excluding carboxylic acids is 1. The van der Waals surface area contributed by atoms with Crippen LogP contribution in [0.1, 0.15) is 46.0 Å². The van der Waals surface area contributed by atoms with Gasteiger partial charge in [-0.15, -0.1) is 0 Å². The molecule has 114 valence electrons. The molecule has 5 atom stereocenters. The summed E-state index contributed by atoms with van der Waals surface area (Å²) in [4.78, 5) is 17.7. The summed E-state index contributed by atoms with van der Waals surface area (Å²) >= 11 is 0. The minimum atomic E-state index is 0.0640. The van der Waals surface area contributed by atoms with Gasteiger partial charge in [0.15, 0.2) is 0 Å². The van der Waals surface area contributed by atoms with E-state index in [9.17, 15) is 4.79 Å². The fourth-order valence-corrected chi connectivity index (χ4v) is 4.40. The molecule has 2 N–H and O–H groups in total. The Labute approximate surface area is 122 Å². The van der Waals surface area contributed by atoms with Crippen LogP contribution >= 0.6 is 0 Å². The molecule has 3 aliphatic rings. The number of amides is 1. The quantitative estimate of drug-likeness (QED) is 0.790. The molecule has 0 aromatic heterocycles. The van der Waals surface area contributed by atoms with E-state index in [1.54, 1.807) is 0 Å². The van der Waals surface area contributed by atoms with Crippen molar-refractivity contribution in [2.24, 2.45) is 17.6 Å². The first-order valence-corrected chi connectivity index (χ1v) is 8.36. The van der Waals surface area contributed by atoms with Crippen LogP contribution in [0.2, 0.25) is 0 Å². The average Bonchev–Trinajstić information content (AvgIpc) is 2.87. The number of fused-ring (bicyclic) bond motifs is 1. The van der Waals surface area contributed by atoms with Crippen LogP contribution in [0.3, 0.4) is 0 Å². The van der Waals surface area contributed by atoms with Crippen molar-refractivity contribution in [3.05, 3.63) is 0 Å². The molecule has 0 spiro atoms. The Bertz CT molecular complexity index is 373. The van der Waals surface area contributed by atoms with Gasteiger partial charge in [0.1, 0.15) is 0 Å². The maximum atomic E-state index is 12.9. The van der Waals surface area contributed by atoms with Gasteiger partial charge in [0.25, 0.3) is 0 Å². The highest BCUT2D eigenvalue weighted by atomic mass is 16.2. The Morgan fingerprint density at radius 2 is 1.95 bits per heavy atom. The van der Waals surface area contributed by atoms with E-state index in [0.29, 0.717) is 23.9 Å². The van der Waals surface area contributed by atoms with Gasteiger partial charge in [0, 0.05) is 31.2 Å². The lowest BCUT2D eigenvalue weighted by Crippen LogP contribution is -2.59. The van der Waals surface area contributed by atoms with Crippen molar-refractivity contribution in [2.75, 3.05) is 19.6 Å². The molecular formula is C16H29N3O. The van der Waals surface area contributed by atoms with Crippen LogP contribution in [-0.4, -0.2) is 53.5 Å². The highest BCUT2D eigenvalue weighted by Gasteiger charge is 2.41. The van der Waals surface area contributed by atoms with Crippen LogP contribution in [0.25, 0.3) is 0 Å². The second-order valence-corrected chi connectivity index (χ2v) is 7.32. The van der Waals surface area contributed by atoms with E-state index in [1.165, 1.54) is 25.8 Å². The van der Waals surface area contributed by atoms with Crippen LogP contribution < -0.4 is 5.73 Å². The predicted molar refractivity (Wildman–Crippen MR) is 80.3 cm³/mol. The molecule has 0 aromatic carbocycles. The smallest absolute Gasteiger partial charge is 0.227 e. The molecule has 3 rings (SSSR count). The molecule has 0 aromatic rings. The van der Waals surface area contributed by atoms with Crippen LogP contribution in [0.5, 0.6) is 0 Å². The van der Waals surface area contributed by atoms with Crippen molar-refractivity contribution in [1.82, 2.24) is 9.80 Å².